The Bertz CT molecular complexity index is 1250. The molecule has 0 N–H and O–H groups in total. The van der Waals surface area contributed by atoms with Crippen LogP contribution in [0.15, 0.2) is 70.1 Å². The van der Waals surface area contributed by atoms with Crippen molar-refractivity contribution in [2.24, 2.45) is 4.99 Å². The van der Waals surface area contributed by atoms with Crippen molar-refractivity contribution in [2.45, 2.75) is 39.5 Å². The van der Waals surface area contributed by atoms with E-state index in [-0.39, 0.29) is 0 Å². The molecular formula is C27H28N2O. The average Bonchev–Trinajstić information content (AvgIpc) is 3.37. The summed E-state index contributed by atoms with van der Waals surface area (Å²) in [6.45, 7) is 10.8. The van der Waals surface area contributed by atoms with Crippen LogP contribution < -0.4 is 4.90 Å². The van der Waals surface area contributed by atoms with Crippen LogP contribution in [-0.4, -0.2) is 18.9 Å². The minimum Gasteiger partial charge on any atom is -0.456 e. The zero-order valence-electron chi connectivity index (χ0n) is 18.1. The molecule has 3 aromatic carbocycles. The Morgan fingerprint density at radius 1 is 0.867 bits per heavy atom. The van der Waals surface area contributed by atoms with Crippen molar-refractivity contribution in [3.05, 3.63) is 77.4 Å². The van der Waals surface area contributed by atoms with Crippen LogP contribution in [0.5, 0.6) is 0 Å². The third kappa shape index (κ3) is 2.92. The molecule has 0 spiro atoms. The van der Waals surface area contributed by atoms with Crippen molar-refractivity contribution in [2.75, 3.05) is 18.0 Å². The Morgan fingerprint density at radius 3 is 2.33 bits per heavy atom. The van der Waals surface area contributed by atoms with Crippen molar-refractivity contribution < 1.29 is 4.42 Å². The maximum absolute atomic E-state index is 6.45. The van der Waals surface area contributed by atoms with E-state index in [2.05, 4.69) is 87.2 Å². The topological polar surface area (TPSA) is 28.7 Å². The highest BCUT2D eigenvalue weighted by molar-refractivity contribution is 6.14. The number of para-hydroxylation sites is 1. The van der Waals surface area contributed by atoms with E-state index in [1.165, 1.54) is 33.2 Å². The van der Waals surface area contributed by atoms with E-state index in [0.29, 0.717) is 11.8 Å². The fourth-order valence-corrected chi connectivity index (χ4v) is 4.67. The normalized spacial score (nSPS) is 14.5. The molecule has 0 saturated heterocycles. The first-order valence-corrected chi connectivity index (χ1v) is 10.9. The molecule has 0 unspecified atom stereocenters. The van der Waals surface area contributed by atoms with Gasteiger partial charge >= 0.3 is 0 Å². The second kappa shape index (κ2) is 7.32. The van der Waals surface area contributed by atoms with Gasteiger partial charge in [0.05, 0.1) is 12.2 Å². The lowest BCUT2D eigenvalue weighted by Gasteiger charge is -2.29. The van der Waals surface area contributed by atoms with E-state index in [1.807, 2.05) is 6.07 Å². The van der Waals surface area contributed by atoms with Gasteiger partial charge in [0, 0.05) is 28.4 Å². The summed E-state index contributed by atoms with van der Waals surface area (Å²) in [6, 6.07) is 21.3. The smallest absolute Gasteiger partial charge is 0.140 e. The van der Waals surface area contributed by atoms with Crippen molar-refractivity contribution in [3.8, 4) is 0 Å². The maximum Gasteiger partial charge on any atom is 0.140 e. The number of nitrogens with zero attached hydrogens (tertiary/aromatic N) is 2. The molecule has 0 atom stereocenters. The Hall–Kier alpha value is -3.07. The van der Waals surface area contributed by atoms with E-state index < -0.39 is 0 Å². The van der Waals surface area contributed by atoms with Crippen LogP contribution in [0.1, 0.15) is 56.2 Å². The Labute approximate surface area is 178 Å². The van der Waals surface area contributed by atoms with E-state index in [1.54, 1.807) is 0 Å². The highest BCUT2D eigenvalue weighted by Gasteiger charge is 2.30. The van der Waals surface area contributed by atoms with Gasteiger partial charge in [-0.15, -0.1) is 0 Å². The molecular weight excluding hydrogens is 368 g/mol. The summed E-state index contributed by atoms with van der Waals surface area (Å²) in [5.41, 5.74) is 7.08. The monoisotopic (exact) mass is 396 g/mol. The molecule has 0 aliphatic carbocycles. The summed E-state index contributed by atoms with van der Waals surface area (Å²) >= 11 is 0. The minimum absolute atomic E-state index is 0.333. The molecule has 30 heavy (non-hydrogen) atoms. The molecule has 0 saturated carbocycles. The zero-order chi connectivity index (χ0) is 20.8. The second-order valence-corrected chi connectivity index (χ2v) is 8.74. The molecule has 0 fully saturated rings. The van der Waals surface area contributed by atoms with Gasteiger partial charge in [-0.05, 0) is 29.5 Å². The van der Waals surface area contributed by atoms with Gasteiger partial charge in [-0.2, -0.15) is 0 Å². The van der Waals surface area contributed by atoms with Gasteiger partial charge in [-0.3, -0.25) is 4.99 Å². The SMILES string of the molecule is CC(C)c1cc2c(oc3ccccc32)c(C(C)C)c1N1CCN=C1c1ccccc1. The van der Waals surface area contributed by atoms with Gasteiger partial charge in [0.1, 0.15) is 17.0 Å². The van der Waals surface area contributed by atoms with Gasteiger partial charge in [0.25, 0.3) is 0 Å². The molecule has 152 valence electrons. The summed E-state index contributed by atoms with van der Waals surface area (Å²) < 4.78 is 6.45. The van der Waals surface area contributed by atoms with Crippen LogP contribution in [0.2, 0.25) is 0 Å². The van der Waals surface area contributed by atoms with Crippen molar-refractivity contribution in [1.82, 2.24) is 0 Å². The van der Waals surface area contributed by atoms with Gasteiger partial charge in [0.15, 0.2) is 0 Å². The number of furan rings is 1. The second-order valence-electron chi connectivity index (χ2n) is 8.74. The lowest BCUT2D eigenvalue weighted by atomic mass is 9.89. The number of amidine groups is 1. The van der Waals surface area contributed by atoms with Gasteiger partial charge < -0.3 is 9.32 Å². The number of rotatable bonds is 4. The zero-order valence-corrected chi connectivity index (χ0v) is 18.1. The van der Waals surface area contributed by atoms with Crippen molar-refractivity contribution in [3.63, 3.8) is 0 Å². The summed E-state index contributed by atoms with van der Waals surface area (Å²) in [4.78, 5) is 7.32. The number of aliphatic imine (C=N–C) groups is 1. The van der Waals surface area contributed by atoms with Crippen molar-refractivity contribution >= 4 is 33.5 Å². The number of hydrogen-bond acceptors (Lipinski definition) is 3. The molecule has 1 aliphatic heterocycles. The highest BCUT2D eigenvalue weighted by atomic mass is 16.3. The number of benzene rings is 3. The number of fused-ring (bicyclic) bond motifs is 3. The predicted molar refractivity (Wildman–Crippen MR) is 127 cm³/mol. The molecule has 0 amide bonds. The average molecular weight is 397 g/mol. The largest absolute Gasteiger partial charge is 0.456 e. The van der Waals surface area contributed by atoms with Crippen LogP contribution in [0.3, 0.4) is 0 Å². The molecule has 1 aromatic heterocycles. The summed E-state index contributed by atoms with van der Waals surface area (Å²) in [7, 11) is 0. The molecule has 3 nitrogen and oxygen atoms in total. The minimum atomic E-state index is 0.333. The van der Waals surface area contributed by atoms with Gasteiger partial charge in [-0.25, -0.2) is 0 Å². The summed E-state index contributed by atoms with van der Waals surface area (Å²) in [6.07, 6.45) is 0. The molecule has 0 radical (unpaired) electrons. The molecule has 5 rings (SSSR count). The van der Waals surface area contributed by atoms with Crippen molar-refractivity contribution in [1.29, 1.82) is 0 Å². The first-order chi connectivity index (χ1) is 14.6. The van der Waals surface area contributed by atoms with Crippen LogP contribution >= 0.6 is 0 Å². The van der Waals surface area contributed by atoms with Crippen LogP contribution in [0, 0.1) is 0 Å². The van der Waals surface area contributed by atoms with Gasteiger partial charge in [-0.1, -0.05) is 76.2 Å². The van der Waals surface area contributed by atoms with Crippen LogP contribution in [0.25, 0.3) is 21.9 Å². The number of hydrogen-bond donors (Lipinski definition) is 0. The van der Waals surface area contributed by atoms with Crippen LogP contribution in [-0.2, 0) is 0 Å². The van der Waals surface area contributed by atoms with E-state index in [0.717, 1.165) is 30.1 Å². The number of anilines is 1. The molecule has 1 aliphatic rings. The fraction of sp³-hybridized carbons (Fsp3) is 0.296. The molecule has 3 heteroatoms. The van der Waals surface area contributed by atoms with E-state index in [9.17, 15) is 0 Å². The quantitative estimate of drug-likeness (QED) is 0.368. The van der Waals surface area contributed by atoms with Gasteiger partial charge in [0.2, 0.25) is 0 Å². The first kappa shape index (κ1) is 18.9. The first-order valence-electron chi connectivity index (χ1n) is 10.9. The maximum atomic E-state index is 6.45. The van der Waals surface area contributed by atoms with Crippen LogP contribution in [0.4, 0.5) is 5.69 Å². The lowest BCUT2D eigenvalue weighted by Crippen LogP contribution is -2.30. The molecule has 2 heterocycles. The lowest BCUT2D eigenvalue weighted by molar-refractivity contribution is 0.656. The Morgan fingerprint density at radius 2 is 1.60 bits per heavy atom. The highest BCUT2D eigenvalue weighted by Crippen LogP contribution is 2.45. The fourth-order valence-electron chi connectivity index (χ4n) is 4.67. The third-order valence-electron chi connectivity index (χ3n) is 6.05. The summed E-state index contributed by atoms with van der Waals surface area (Å²) in [5, 5.41) is 2.42. The Kier molecular flexibility index (Phi) is 4.62. The molecule has 4 aromatic rings. The van der Waals surface area contributed by atoms with E-state index in [4.69, 9.17) is 9.41 Å². The molecule has 0 bridgehead atoms. The standard InChI is InChI=1S/C27H28N2O/c1-17(2)21-16-22-20-12-8-9-13-23(20)30-26(22)24(18(3)4)25(21)29-15-14-28-27(29)19-10-6-5-7-11-19/h5-13,16-18H,14-15H2,1-4H3. The van der Waals surface area contributed by atoms with E-state index >= 15 is 0 Å². The Balaban J connectivity index is 1.82. The predicted octanol–water partition coefficient (Wildman–Crippen LogP) is 7.10. The third-order valence-corrected chi connectivity index (χ3v) is 6.05. The summed E-state index contributed by atoms with van der Waals surface area (Å²) in [5.74, 6) is 1.79.